The Morgan fingerprint density at radius 3 is 2.52 bits per heavy atom. The smallest absolute Gasteiger partial charge is 0.410 e. The van der Waals surface area contributed by atoms with Crippen molar-refractivity contribution in [3.8, 4) is 11.1 Å². The summed E-state index contributed by atoms with van der Waals surface area (Å²) >= 11 is 0. The van der Waals surface area contributed by atoms with Gasteiger partial charge in [0.2, 0.25) is 0 Å². The van der Waals surface area contributed by atoms with Gasteiger partial charge in [-0.3, -0.25) is 9.69 Å². The van der Waals surface area contributed by atoms with Crippen LogP contribution in [0.25, 0.3) is 11.1 Å². The molecular formula is C22H25NO4. The van der Waals surface area contributed by atoms with E-state index in [1.807, 2.05) is 57.2 Å². The van der Waals surface area contributed by atoms with Gasteiger partial charge in [0.25, 0.3) is 0 Å². The highest BCUT2D eigenvalue weighted by molar-refractivity contribution is 5.76. The summed E-state index contributed by atoms with van der Waals surface area (Å²) < 4.78 is 10.3. The molecular weight excluding hydrogens is 342 g/mol. The molecule has 0 N–H and O–H groups in total. The summed E-state index contributed by atoms with van der Waals surface area (Å²) in [6.07, 6.45) is -0.0623. The molecule has 0 saturated heterocycles. The van der Waals surface area contributed by atoms with Crippen molar-refractivity contribution in [2.75, 3.05) is 7.11 Å². The van der Waals surface area contributed by atoms with Crippen LogP contribution in [0.1, 0.15) is 37.5 Å². The number of methoxy groups -OCH3 is 1. The summed E-state index contributed by atoms with van der Waals surface area (Å²) in [5.41, 5.74) is 4.73. The van der Waals surface area contributed by atoms with Crippen molar-refractivity contribution in [3.63, 3.8) is 0 Å². The number of fused-ring (bicyclic) bond motifs is 1. The molecule has 1 aliphatic heterocycles. The maximum absolute atomic E-state index is 12.4. The van der Waals surface area contributed by atoms with Crippen molar-refractivity contribution in [3.05, 3.63) is 59.2 Å². The Morgan fingerprint density at radius 2 is 1.81 bits per heavy atom. The Bertz CT molecular complexity index is 867. The molecule has 27 heavy (non-hydrogen) atoms. The molecule has 2 aromatic rings. The van der Waals surface area contributed by atoms with E-state index in [1.54, 1.807) is 4.90 Å². The molecule has 142 valence electrons. The lowest BCUT2D eigenvalue weighted by molar-refractivity contribution is -0.139. The number of benzene rings is 2. The van der Waals surface area contributed by atoms with Crippen LogP contribution in [0.5, 0.6) is 0 Å². The molecule has 1 aliphatic rings. The van der Waals surface area contributed by atoms with E-state index in [-0.39, 0.29) is 18.5 Å². The van der Waals surface area contributed by atoms with Crippen LogP contribution in [0.2, 0.25) is 0 Å². The minimum atomic E-state index is -0.517. The van der Waals surface area contributed by atoms with Crippen molar-refractivity contribution in [2.24, 2.45) is 0 Å². The Labute approximate surface area is 159 Å². The van der Waals surface area contributed by atoms with Gasteiger partial charge in [0.05, 0.1) is 20.1 Å². The fourth-order valence-electron chi connectivity index (χ4n) is 3.24. The highest BCUT2D eigenvalue weighted by Crippen LogP contribution is 2.33. The van der Waals surface area contributed by atoms with Crippen LogP contribution in [-0.4, -0.2) is 29.7 Å². The van der Waals surface area contributed by atoms with Crippen molar-refractivity contribution in [1.29, 1.82) is 0 Å². The fraction of sp³-hybridized carbons (Fsp3) is 0.364. The maximum Gasteiger partial charge on any atom is 0.410 e. The fourth-order valence-corrected chi connectivity index (χ4v) is 3.24. The van der Waals surface area contributed by atoms with E-state index in [2.05, 4.69) is 6.07 Å². The van der Waals surface area contributed by atoms with Crippen LogP contribution in [0.4, 0.5) is 4.79 Å². The molecule has 0 unspecified atom stereocenters. The second-order valence-electron chi connectivity index (χ2n) is 7.73. The average Bonchev–Trinajstić information content (AvgIpc) is 3.05. The monoisotopic (exact) mass is 367 g/mol. The molecule has 0 aliphatic carbocycles. The molecule has 0 radical (unpaired) electrons. The van der Waals surface area contributed by atoms with E-state index in [4.69, 9.17) is 9.47 Å². The number of hydrogen-bond donors (Lipinski definition) is 0. The zero-order valence-electron chi connectivity index (χ0n) is 16.2. The van der Waals surface area contributed by atoms with Gasteiger partial charge in [-0.2, -0.15) is 0 Å². The quantitative estimate of drug-likeness (QED) is 0.758. The number of carbonyl (C=O) groups is 2. The van der Waals surface area contributed by atoms with Gasteiger partial charge in [-0.25, -0.2) is 4.79 Å². The first-order chi connectivity index (χ1) is 12.8. The first-order valence-corrected chi connectivity index (χ1v) is 9.01. The van der Waals surface area contributed by atoms with Gasteiger partial charge in [0.15, 0.2) is 0 Å². The topological polar surface area (TPSA) is 55.8 Å². The van der Waals surface area contributed by atoms with E-state index >= 15 is 0 Å². The number of nitrogens with zero attached hydrogens (tertiary/aromatic N) is 1. The van der Waals surface area contributed by atoms with E-state index in [0.717, 1.165) is 27.8 Å². The Morgan fingerprint density at radius 1 is 1.07 bits per heavy atom. The third-order valence-electron chi connectivity index (χ3n) is 4.45. The van der Waals surface area contributed by atoms with Crippen molar-refractivity contribution >= 4 is 12.1 Å². The van der Waals surface area contributed by atoms with Crippen LogP contribution < -0.4 is 0 Å². The molecule has 0 aromatic heterocycles. The lowest BCUT2D eigenvalue weighted by Crippen LogP contribution is -2.33. The van der Waals surface area contributed by atoms with Gasteiger partial charge in [0, 0.05) is 6.54 Å². The van der Waals surface area contributed by atoms with Crippen LogP contribution >= 0.6 is 0 Å². The second kappa shape index (κ2) is 7.43. The van der Waals surface area contributed by atoms with Crippen LogP contribution in [0.3, 0.4) is 0 Å². The zero-order chi connectivity index (χ0) is 19.6. The minimum Gasteiger partial charge on any atom is -0.469 e. The average molecular weight is 367 g/mol. The molecule has 5 heteroatoms. The highest BCUT2D eigenvalue weighted by Gasteiger charge is 2.29. The predicted molar refractivity (Wildman–Crippen MR) is 103 cm³/mol. The number of carbonyl (C=O) groups excluding carboxylic acids is 2. The molecule has 0 atom stereocenters. The molecule has 1 heterocycles. The molecule has 3 rings (SSSR count). The third kappa shape index (κ3) is 4.48. The summed E-state index contributed by atoms with van der Waals surface area (Å²) in [4.78, 5) is 25.7. The number of esters is 1. The van der Waals surface area contributed by atoms with Gasteiger partial charge in [-0.05, 0) is 48.6 Å². The Hall–Kier alpha value is -2.82. The van der Waals surface area contributed by atoms with Crippen molar-refractivity contribution in [2.45, 2.75) is 45.9 Å². The molecule has 0 saturated carbocycles. The Kier molecular flexibility index (Phi) is 5.22. The van der Waals surface area contributed by atoms with Gasteiger partial charge in [-0.1, -0.05) is 42.5 Å². The first-order valence-electron chi connectivity index (χ1n) is 9.01. The molecule has 0 spiro atoms. The first kappa shape index (κ1) is 19.0. The van der Waals surface area contributed by atoms with Gasteiger partial charge in [-0.15, -0.1) is 0 Å². The predicted octanol–water partition coefficient (Wildman–Crippen LogP) is 4.32. The standard InChI is InChI=1S/C22H25NO4/c1-22(2,3)27-21(25)23-13-17-9-6-10-18(19(17)14-23)16-8-5-7-15(11-16)12-20(24)26-4/h5-11H,12-14H2,1-4H3. The molecule has 0 bridgehead atoms. The summed E-state index contributed by atoms with van der Waals surface area (Å²) in [5, 5.41) is 0. The summed E-state index contributed by atoms with van der Waals surface area (Å²) in [6, 6.07) is 14.0. The van der Waals surface area contributed by atoms with E-state index in [1.165, 1.54) is 7.11 Å². The largest absolute Gasteiger partial charge is 0.469 e. The summed E-state index contributed by atoms with van der Waals surface area (Å²) in [7, 11) is 1.39. The molecule has 1 amide bonds. The van der Waals surface area contributed by atoms with E-state index in [9.17, 15) is 9.59 Å². The Balaban J connectivity index is 1.86. The lowest BCUT2D eigenvalue weighted by Gasteiger charge is -2.24. The summed E-state index contributed by atoms with van der Waals surface area (Å²) in [6.45, 7) is 6.66. The number of rotatable bonds is 3. The summed E-state index contributed by atoms with van der Waals surface area (Å²) in [5.74, 6) is -0.262. The van der Waals surface area contributed by atoms with E-state index in [0.29, 0.717) is 13.1 Å². The number of hydrogen-bond acceptors (Lipinski definition) is 4. The molecule has 5 nitrogen and oxygen atoms in total. The van der Waals surface area contributed by atoms with Crippen LogP contribution in [-0.2, 0) is 33.8 Å². The minimum absolute atomic E-state index is 0.239. The second-order valence-corrected chi connectivity index (χ2v) is 7.73. The highest BCUT2D eigenvalue weighted by atomic mass is 16.6. The van der Waals surface area contributed by atoms with E-state index < -0.39 is 5.60 Å². The number of ether oxygens (including phenoxy) is 2. The zero-order valence-corrected chi connectivity index (χ0v) is 16.2. The van der Waals surface area contributed by atoms with Gasteiger partial charge < -0.3 is 9.47 Å². The SMILES string of the molecule is COC(=O)Cc1cccc(-c2cccc3c2CN(C(=O)OC(C)(C)C)C3)c1. The van der Waals surface area contributed by atoms with Crippen LogP contribution in [0, 0.1) is 0 Å². The third-order valence-corrected chi connectivity index (χ3v) is 4.45. The normalized spacial score (nSPS) is 13.3. The van der Waals surface area contributed by atoms with Gasteiger partial charge >= 0.3 is 12.1 Å². The van der Waals surface area contributed by atoms with Gasteiger partial charge in [0.1, 0.15) is 5.60 Å². The maximum atomic E-state index is 12.4. The lowest BCUT2D eigenvalue weighted by atomic mass is 9.95. The van der Waals surface area contributed by atoms with Crippen LogP contribution in [0.15, 0.2) is 42.5 Å². The van der Waals surface area contributed by atoms with Crippen molar-refractivity contribution < 1.29 is 19.1 Å². The molecule has 2 aromatic carbocycles. The van der Waals surface area contributed by atoms with Crippen molar-refractivity contribution in [1.82, 2.24) is 4.90 Å². The molecule has 0 fully saturated rings. The number of amides is 1.